The Labute approximate surface area is 188 Å². The van der Waals surface area contributed by atoms with E-state index in [0.29, 0.717) is 34.6 Å². The summed E-state index contributed by atoms with van der Waals surface area (Å²) in [6.07, 6.45) is 0.380. The number of aromatic nitrogens is 1. The molecule has 2 aromatic carbocycles. The van der Waals surface area contributed by atoms with Crippen LogP contribution in [0.2, 0.25) is 0 Å². The van der Waals surface area contributed by atoms with Gasteiger partial charge < -0.3 is 23.4 Å². The van der Waals surface area contributed by atoms with Crippen LogP contribution in [0.15, 0.2) is 46.9 Å². The molecule has 2 aromatic heterocycles. The van der Waals surface area contributed by atoms with Gasteiger partial charge in [-0.3, -0.25) is 10.1 Å². The van der Waals surface area contributed by atoms with Crippen LogP contribution in [0.25, 0.3) is 10.2 Å². The van der Waals surface area contributed by atoms with Gasteiger partial charge in [0.2, 0.25) is 0 Å². The molecule has 1 N–H and O–H groups in total. The molecule has 0 aliphatic carbocycles. The SMILES string of the molecule is COc1cc(OC)c(Cc2ccc(C(=O)Nc3nc4ccc(OC)cc4s3)o2)c(OC)c1. The number of nitrogens with one attached hydrogen (secondary N) is 1. The zero-order valence-corrected chi connectivity index (χ0v) is 18.9. The van der Waals surface area contributed by atoms with E-state index < -0.39 is 0 Å². The second-order valence-corrected chi connectivity index (χ2v) is 7.79. The van der Waals surface area contributed by atoms with Crippen LogP contribution < -0.4 is 24.3 Å². The standard InChI is InChI=1S/C23H22N2O6S/c1-27-13-5-7-17-21(12-13)32-23(24-17)25-22(26)18-8-6-14(31-18)9-16-19(29-3)10-15(28-2)11-20(16)30-4/h5-8,10-12H,9H2,1-4H3,(H,24,25,26). The maximum Gasteiger partial charge on any atom is 0.293 e. The molecule has 0 saturated carbocycles. The number of nitrogens with zero attached hydrogens (tertiary/aromatic N) is 1. The number of carbonyl (C=O) groups excluding carboxylic acids is 1. The molecule has 0 aliphatic rings. The molecule has 0 atom stereocenters. The number of benzene rings is 2. The zero-order chi connectivity index (χ0) is 22.7. The highest BCUT2D eigenvalue weighted by atomic mass is 32.1. The van der Waals surface area contributed by atoms with Gasteiger partial charge in [-0.1, -0.05) is 11.3 Å². The Morgan fingerprint density at radius 3 is 2.31 bits per heavy atom. The van der Waals surface area contributed by atoms with Gasteiger partial charge in [0, 0.05) is 24.1 Å². The van der Waals surface area contributed by atoms with E-state index in [1.807, 2.05) is 18.2 Å². The van der Waals surface area contributed by atoms with Crippen molar-refractivity contribution in [1.29, 1.82) is 0 Å². The van der Waals surface area contributed by atoms with Crippen LogP contribution in [-0.4, -0.2) is 39.3 Å². The van der Waals surface area contributed by atoms with Crippen molar-refractivity contribution >= 4 is 32.6 Å². The van der Waals surface area contributed by atoms with Gasteiger partial charge in [-0.15, -0.1) is 0 Å². The van der Waals surface area contributed by atoms with Gasteiger partial charge in [0.1, 0.15) is 28.8 Å². The van der Waals surface area contributed by atoms with E-state index in [1.165, 1.54) is 11.3 Å². The molecule has 2 heterocycles. The van der Waals surface area contributed by atoms with E-state index in [2.05, 4.69) is 10.3 Å². The van der Waals surface area contributed by atoms with Crippen molar-refractivity contribution in [2.75, 3.05) is 33.8 Å². The highest BCUT2D eigenvalue weighted by Gasteiger charge is 2.18. The van der Waals surface area contributed by atoms with E-state index >= 15 is 0 Å². The van der Waals surface area contributed by atoms with Crippen molar-refractivity contribution in [3.63, 3.8) is 0 Å². The predicted octanol–water partition coefficient (Wildman–Crippen LogP) is 4.77. The van der Waals surface area contributed by atoms with E-state index in [-0.39, 0.29) is 11.7 Å². The molecule has 32 heavy (non-hydrogen) atoms. The summed E-state index contributed by atoms with van der Waals surface area (Å²) in [5, 5.41) is 3.27. The number of amides is 1. The molecular weight excluding hydrogens is 432 g/mol. The van der Waals surface area contributed by atoms with Crippen molar-refractivity contribution in [1.82, 2.24) is 4.98 Å². The highest BCUT2D eigenvalue weighted by molar-refractivity contribution is 7.22. The zero-order valence-electron chi connectivity index (χ0n) is 18.1. The fourth-order valence-corrected chi connectivity index (χ4v) is 4.15. The van der Waals surface area contributed by atoms with E-state index in [9.17, 15) is 4.79 Å². The third kappa shape index (κ3) is 4.33. The summed E-state index contributed by atoms with van der Waals surface area (Å²) >= 11 is 1.36. The van der Waals surface area contributed by atoms with E-state index in [1.54, 1.807) is 52.7 Å². The molecule has 0 radical (unpaired) electrons. The van der Waals surface area contributed by atoms with Crippen molar-refractivity contribution in [3.8, 4) is 23.0 Å². The Morgan fingerprint density at radius 1 is 0.938 bits per heavy atom. The monoisotopic (exact) mass is 454 g/mol. The lowest BCUT2D eigenvalue weighted by molar-refractivity contribution is 0.0995. The summed E-state index contributed by atoms with van der Waals surface area (Å²) in [6.45, 7) is 0. The number of ether oxygens (including phenoxy) is 4. The average Bonchev–Trinajstić information content (AvgIpc) is 3.44. The molecule has 166 valence electrons. The Hall–Kier alpha value is -3.72. The van der Waals surface area contributed by atoms with Crippen molar-refractivity contribution in [2.45, 2.75) is 6.42 Å². The number of carbonyl (C=O) groups is 1. The normalized spacial score (nSPS) is 10.8. The summed E-state index contributed by atoms with van der Waals surface area (Å²) < 4.78 is 28.2. The molecular formula is C23H22N2O6S. The minimum atomic E-state index is -0.379. The third-order valence-electron chi connectivity index (χ3n) is 4.87. The van der Waals surface area contributed by atoms with E-state index in [4.69, 9.17) is 23.4 Å². The molecule has 4 aromatic rings. The van der Waals surface area contributed by atoms with Crippen LogP contribution in [-0.2, 0) is 6.42 Å². The Bertz CT molecular complexity index is 1240. The Balaban J connectivity index is 1.52. The van der Waals surface area contributed by atoms with Crippen LogP contribution in [0.4, 0.5) is 5.13 Å². The molecule has 0 aliphatic heterocycles. The summed E-state index contributed by atoms with van der Waals surface area (Å²) in [5.74, 6) is 2.96. The molecule has 9 heteroatoms. The van der Waals surface area contributed by atoms with Gasteiger partial charge in [-0.05, 0) is 30.3 Å². The minimum Gasteiger partial charge on any atom is -0.497 e. The summed E-state index contributed by atoms with van der Waals surface area (Å²) in [6, 6.07) is 12.5. The number of fused-ring (bicyclic) bond motifs is 1. The fourth-order valence-electron chi connectivity index (χ4n) is 3.27. The molecule has 4 rings (SSSR count). The first-order chi connectivity index (χ1) is 15.5. The summed E-state index contributed by atoms with van der Waals surface area (Å²) in [4.78, 5) is 17.1. The number of anilines is 1. The molecule has 0 spiro atoms. The fraction of sp³-hybridized carbons (Fsp3) is 0.217. The first kappa shape index (κ1) is 21.5. The van der Waals surface area contributed by atoms with Crippen LogP contribution in [0.5, 0.6) is 23.0 Å². The van der Waals surface area contributed by atoms with Crippen molar-refractivity contribution < 1.29 is 28.2 Å². The molecule has 8 nitrogen and oxygen atoms in total. The lowest BCUT2D eigenvalue weighted by atomic mass is 10.1. The second kappa shape index (κ2) is 9.19. The van der Waals surface area contributed by atoms with Crippen LogP contribution in [0.3, 0.4) is 0 Å². The lowest BCUT2D eigenvalue weighted by Crippen LogP contribution is -2.10. The van der Waals surface area contributed by atoms with Crippen molar-refractivity contribution in [2.24, 2.45) is 0 Å². The van der Waals surface area contributed by atoms with Gasteiger partial charge in [0.05, 0.1) is 38.7 Å². The quantitative estimate of drug-likeness (QED) is 0.410. The number of furan rings is 1. The first-order valence-electron chi connectivity index (χ1n) is 9.68. The minimum absolute atomic E-state index is 0.184. The smallest absolute Gasteiger partial charge is 0.293 e. The Kier molecular flexibility index (Phi) is 6.18. The van der Waals surface area contributed by atoms with Gasteiger partial charge in [-0.25, -0.2) is 4.98 Å². The van der Waals surface area contributed by atoms with Gasteiger partial charge >= 0.3 is 0 Å². The predicted molar refractivity (Wildman–Crippen MR) is 122 cm³/mol. The van der Waals surface area contributed by atoms with Crippen LogP contribution in [0, 0.1) is 0 Å². The number of thiazole rings is 1. The molecule has 0 fully saturated rings. The maximum absolute atomic E-state index is 12.7. The number of hydrogen-bond acceptors (Lipinski definition) is 8. The number of rotatable bonds is 8. The van der Waals surface area contributed by atoms with Crippen LogP contribution >= 0.6 is 11.3 Å². The highest BCUT2D eigenvalue weighted by Crippen LogP contribution is 2.36. The second-order valence-electron chi connectivity index (χ2n) is 6.76. The molecule has 0 unspecified atom stereocenters. The number of methoxy groups -OCH3 is 4. The lowest BCUT2D eigenvalue weighted by Gasteiger charge is -2.14. The topological polar surface area (TPSA) is 92.1 Å². The molecule has 0 saturated heterocycles. The third-order valence-corrected chi connectivity index (χ3v) is 5.80. The van der Waals surface area contributed by atoms with Gasteiger partial charge in [0.15, 0.2) is 10.9 Å². The largest absolute Gasteiger partial charge is 0.497 e. The average molecular weight is 455 g/mol. The maximum atomic E-state index is 12.7. The molecule has 1 amide bonds. The number of hydrogen-bond donors (Lipinski definition) is 1. The Morgan fingerprint density at radius 2 is 1.66 bits per heavy atom. The summed E-state index contributed by atoms with van der Waals surface area (Å²) in [7, 11) is 6.34. The van der Waals surface area contributed by atoms with Crippen LogP contribution in [0.1, 0.15) is 21.9 Å². The van der Waals surface area contributed by atoms with E-state index in [0.717, 1.165) is 21.5 Å². The van der Waals surface area contributed by atoms with Gasteiger partial charge in [0.25, 0.3) is 5.91 Å². The summed E-state index contributed by atoms with van der Waals surface area (Å²) in [5.41, 5.74) is 1.57. The van der Waals surface area contributed by atoms with Gasteiger partial charge in [-0.2, -0.15) is 0 Å². The first-order valence-corrected chi connectivity index (χ1v) is 10.5. The van der Waals surface area contributed by atoms with Crippen molar-refractivity contribution in [3.05, 3.63) is 59.5 Å². The molecule has 0 bridgehead atoms.